The topological polar surface area (TPSA) is 95.9 Å². The molecule has 32 heavy (non-hydrogen) atoms. The zero-order valence-electron chi connectivity index (χ0n) is 18.0. The summed E-state index contributed by atoms with van der Waals surface area (Å²) in [6.45, 7) is 5.22. The fraction of sp³-hybridized carbons (Fsp3) is 0.591. The van der Waals surface area contributed by atoms with Gasteiger partial charge in [0.05, 0.1) is 46.5 Å². The molecule has 2 N–H and O–H groups in total. The predicted octanol–water partition coefficient (Wildman–Crippen LogP) is 3.00. The minimum atomic E-state index is -0.854. The maximum absolute atomic E-state index is 13.7. The molecule has 3 aliphatic rings. The van der Waals surface area contributed by atoms with E-state index in [1.165, 1.54) is 16.7 Å². The molecule has 3 aliphatic heterocycles. The molecule has 1 aromatic carbocycles. The molecule has 0 aliphatic carbocycles. The van der Waals surface area contributed by atoms with Crippen LogP contribution in [0, 0.1) is 18.8 Å². The quantitative estimate of drug-likeness (QED) is 0.422. The van der Waals surface area contributed by atoms with Crippen LogP contribution in [0.5, 0.6) is 0 Å². The smallest absolute Gasteiger partial charge is 0.310 e. The number of aliphatic hydroxyl groups excluding tert-OH is 1. The number of hydrogen-bond donors (Lipinski definition) is 2. The third-order valence-corrected chi connectivity index (χ3v) is 10.3. The number of aryl methyl sites for hydroxylation is 1. The lowest BCUT2D eigenvalue weighted by Crippen LogP contribution is -2.54. The Morgan fingerprint density at radius 3 is 2.81 bits per heavy atom. The molecule has 0 aromatic heterocycles. The predicted molar refractivity (Wildman–Crippen MR) is 127 cm³/mol. The molecule has 4 rings (SSSR count). The number of rotatable bonds is 6. The molecule has 2 bridgehead atoms. The van der Waals surface area contributed by atoms with Crippen LogP contribution in [0.25, 0.3) is 0 Å². The number of fused-ring (bicyclic) bond motifs is 1. The molecule has 0 saturated carbocycles. The summed E-state index contributed by atoms with van der Waals surface area (Å²) in [7, 11) is 0. The second-order valence-electron chi connectivity index (χ2n) is 8.61. The first kappa shape index (κ1) is 23.9. The Morgan fingerprint density at radius 1 is 1.47 bits per heavy atom. The summed E-state index contributed by atoms with van der Waals surface area (Å²) >= 11 is 11.5. The van der Waals surface area contributed by atoms with Gasteiger partial charge in [-0.2, -0.15) is 0 Å². The summed E-state index contributed by atoms with van der Waals surface area (Å²) in [5.41, 5.74) is 1.30. The highest BCUT2D eigenvalue weighted by Crippen LogP contribution is 2.68. The highest BCUT2D eigenvalue weighted by atomic mass is 79.9. The van der Waals surface area contributed by atoms with E-state index >= 15 is 0 Å². The lowest BCUT2D eigenvalue weighted by Gasteiger charge is -2.36. The van der Waals surface area contributed by atoms with Gasteiger partial charge in [0.2, 0.25) is 11.8 Å². The van der Waals surface area contributed by atoms with Crippen LogP contribution in [-0.2, 0) is 19.1 Å². The number of halogens is 2. The highest BCUT2D eigenvalue weighted by molar-refractivity contribution is 9.09. The molecule has 7 atom stereocenters. The van der Waals surface area contributed by atoms with Crippen molar-refractivity contribution in [3.8, 4) is 0 Å². The van der Waals surface area contributed by atoms with Crippen LogP contribution >= 0.6 is 39.3 Å². The Morgan fingerprint density at radius 2 is 2.19 bits per heavy atom. The minimum Gasteiger partial charge on any atom is -0.466 e. The molecule has 2 amide bonds. The molecule has 10 heteroatoms. The second kappa shape index (κ2) is 8.81. The lowest BCUT2D eigenvalue weighted by molar-refractivity contribution is -0.154. The van der Waals surface area contributed by atoms with Crippen molar-refractivity contribution in [2.75, 3.05) is 18.5 Å². The third kappa shape index (κ3) is 3.47. The normalized spacial score (nSPS) is 33.9. The molecular weight excluding hydrogens is 520 g/mol. The minimum absolute atomic E-state index is 0.0345. The van der Waals surface area contributed by atoms with E-state index in [2.05, 4.69) is 21.2 Å². The van der Waals surface area contributed by atoms with Gasteiger partial charge >= 0.3 is 5.97 Å². The molecule has 3 fully saturated rings. The highest BCUT2D eigenvalue weighted by Gasteiger charge is 2.76. The van der Waals surface area contributed by atoms with E-state index in [9.17, 15) is 19.5 Å². The molecule has 3 unspecified atom stereocenters. The Bertz CT molecular complexity index is 944. The van der Waals surface area contributed by atoms with Crippen molar-refractivity contribution >= 4 is 62.8 Å². The van der Waals surface area contributed by atoms with Crippen LogP contribution in [0.15, 0.2) is 18.2 Å². The molecule has 7 nitrogen and oxygen atoms in total. The number of alkyl halides is 1. The Kier molecular flexibility index (Phi) is 6.57. The SMILES string of the molecule is CCOC(=O)[C@H]1[C@H]2C(=O)N([C@H](C)CO)C(C(=O)Nc3c(C)cccc3Cl)C23CC(Br)[C@@H]1S3. The lowest BCUT2D eigenvalue weighted by atomic mass is 9.71. The first-order valence-corrected chi connectivity index (χ1v) is 12.8. The molecule has 1 aromatic rings. The number of thioether (sulfide) groups is 1. The number of likely N-dealkylation sites (tertiary alicyclic amines) is 1. The van der Waals surface area contributed by atoms with Gasteiger partial charge in [0.1, 0.15) is 6.04 Å². The van der Waals surface area contributed by atoms with Crippen molar-refractivity contribution in [3.05, 3.63) is 28.8 Å². The monoisotopic (exact) mass is 544 g/mol. The van der Waals surface area contributed by atoms with Gasteiger partial charge in [-0.15, -0.1) is 11.8 Å². The van der Waals surface area contributed by atoms with E-state index in [1.807, 2.05) is 13.0 Å². The number of esters is 1. The van der Waals surface area contributed by atoms with Crippen molar-refractivity contribution in [1.29, 1.82) is 0 Å². The molecule has 3 saturated heterocycles. The number of hydrogen-bond acceptors (Lipinski definition) is 6. The first-order chi connectivity index (χ1) is 15.2. The zero-order valence-corrected chi connectivity index (χ0v) is 21.2. The number of carbonyl (C=O) groups is 3. The number of para-hydroxylation sites is 1. The standard InChI is InChI=1S/C22H26BrClN2O5S/c1-4-31-21(30)14-15-20(29)26(11(3)9-27)18(22(15)8-12(23)17(14)32-22)19(28)25-16-10(2)6-5-7-13(16)24/h5-7,11-12,14-15,17-18,27H,4,8-9H2,1-3H3,(H,25,28)/t11-,12?,14+,15+,17+,18?,22?/m1/s1. The number of ether oxygens (including phenoxy) is 1. The van der Waals surface area contributed by atoms with E-state index in [1.54, 1.807) is 26.0 Å². The number of amides is 2. The van der Waals surface area contributed by atoms with Gasteiger partial charge in [0.25, 0.3) is 0 Å². The number of nitrogens with one attached hydrogen (secondary N) is 1. The summed E-state index contributed by atoms with van der Waals surface area (Å²) in [5.74, 6) is -2.38. The van der Waals surface area contributed by atoms with Crippen molar-refractivity contribution in [2.24, 2.45) is 11.8 Å². The van der Waals surface area contributed by atoms with E-state index in [0.29, 0.717) is 17.1 Å². The van der Waals surface area contributed by atoms with Gasteiger partial charge < -0.3 is 20.1 Å². The molecule has 0 radical (unpaired) electrons. The second-order valence-corrected chi connectivity index (χ2v) is 11.7. The van der Waals surface area contributed by atoms with Gasteiger partial charge in [-0.25, -0.2) is 0 Å². The number of anilines is 1. The van der Waals surface area contributed by atoms with E-state index < -0.39 is 34.6 Å². The number of aliphatic hydroxyl groups is 1. The Labute approximate surface area is 204 Å². The maximum Gasteiger partial charge on any atom is 0.310 e. The fourth-order valence-electron chi connectivity index (χ4n) is 5.42. The van der Waals surface area contributed by atoms with Crippen LogP contribution in [0.2, 0.25) is 5.02 Å². The largest absolute Gasteiger partial charge is 0.466 e. The number of benzene rings is 1. The first-order valence-electron chi connectivity index (χ1n) is 10.7. The van der Waals surface area contributed by atoms with Crippen LogP contribution < -0.4 is 5.32 Å². The van der Waals surface area contributed by atoms with Crippen molar-refractivity contribution in [1.82, 2.24) is 4.90 Å². The van der Waals surface area contributed by atoms with Gasteiger partial charge in [0, 0.05) is 10.1 Å². The average Bonchev–Trinajstić information content (AvgIpc) is 3.33. The van der Waals surface area contributed by atoms with Gasteiger partial charge in [-0.05, 0) is 38.8 Å². The van der Waals surface area contributed by atoms with E-state index in [-0.39, 0.29) is 35.1 Å². The van der Waals surface area contributed by atoms with E-state index in [4.69, 9.17) is 16.3 Å². The van der Waals surface area contributed by atoms with Crippen molar-refractivity contribution in [3.63, 3.8) is 0 Å². The van der Waals surface area contributed by atoms with Crippen LogP contribution in [-0.4, -0.2) is 67.9 Å². The zero-order chi connectivity index (χ0) is 23.4. The number of carbonyl (C=O) groups excluding carboxylic acids is 3. The van der Waals surface area contributed by atoms with Crippen LogP contribution in [0.1, 0.15) is 25.8 Å². The summed E-state index contributed by atoms with van der Waals surface area (Å²) in [6, 6.07) is 3.90. The van der Waals surface area contributed by atoms with Crippen LogP contribution in [0.3, 0.4) is 0 Å². The van der Waals surface area contributed by atoms with Crippen molar-refractivity contribution in [2.45, 2.75) is 54.1 Å². The molecule has 174 valence electrons. The molecule has 3 heterocycles. The Hall–Kier alpha value is -1.29. The Balaban J connectivity index is 1.77. The fourth-order valence-corrected chi connectivity index (χ4v) is 9.28. The number of nitrogens with zero attached hydrogens (tertiary/aromatic N) is 1. The van der Waals surface area contributed by atoms with E-state index in [0.717, 1.165) is 5.56 Å². The average molecular weight is 546 g/mol. The van der Waals surface area contributed by atoms with Crippen LogP contribution in [0.4, 0.5) is 5.69 Å². The van der Waals surface area contributed by atoms with Gasteiger partial charge in [0.15, 0.2) is 0 Å². The maximum atomic E-state index is 13.7. The summed E-state index contributed by atoms with van der Waals surface area (Å²) in [4.78, 5) is 41.7. The third-order valence-electron chi connectivity index (χ3n) is 6.74. The molecule has 1 spiro atoms. The van der Waals surface area contributed by atoms with Gasteiger partial charge in [-0.1, -0.05) is 39.7 Å². The molecular formula is C22H26BrClN2O5S. The summed E-state index contributed by atoms with van der Waals surface area (Å²) in [6.07, 6.45) is 0.558. The van der Waals surface area contributed by atoms with Crippen molar-refractivity contribution < 1.29 is 24.2 Å². The summed E-state index contributed by atoms with van der Waals surface area (Å²) < 4.78 is 4.52. The summed E-state index contributed by atoms with van der Waals surface area (Å²) in [5, 5.41) is 13.1. The van der Waals surface area contributed by atoms with Gasteiger partial charge in [-0.3, -0.25) is 14.4 Å².